The van der Waals surface area contributed by atoms with Gasteiger partial charge in [0.15, 0.2) is 0 Å². The van der Waals surface area contributed by atoms with Gasteiger partial charge in [-0.1, -0.05) is 11.6 Å². The number of nitrogens with one attached hydrogen (secondary N) is 1. The van der Waals surface area contributed by atoms with Crippen LogP contribution in [0.25, 0.3) is 6.08 Å². The molecule has 23 heavy (non-hydrogen) atoms. The molecular formula is C18H18N2O3. The van der Waals surface area contributed by atoms with Crippen LogP contribution in [0.5, 0.6) is 0 Å². The molecule has 1 aliphatic heterocycles. The summed E-state index contributed by atoms with van der Waals surface area (Å²) in [5.41, 5.74) is 1.88. The van der Waals surface area contributed by atoms with Gasteiger partial charge in [-0.3, -0.25) is 14.4 Å². The summed E-state index contributed by atoms with van der Waals surface area (Å²) in [7, 11) is 0. The maximum Gasteiger partial charge on any atom is 0.317 e. The smallest absolute Gasteiger partial charge is 0.317 e. The molecule has 0 aromatic heterocycles. The number of hydrogen-bond donors (Lipinski definition) is 1. The zero-order valence-electron chi connectivity index (χ0n) is 12.8. The Morgan fingerprint density at radius 2 is 2.09 bits per heavy atom. The third-order valence-electron chi connectivity index (χ3n) is 4.13. The molecule has 0 fully saturated rings. The molecule has 2 amide bonds. The van der Waals surface area contributed by atoms with Crippen molar-refractivity contribution in [3.8, 4) is 0 Å². The standard InChI is InChI=1S/C18H18N2O3/c21-16-11-14-10-13(6-7-15(14)20-18(16)23)17(22)19-9-8-12-4-2-1-3-5-12/h4,6-7,10-11H,1-3,5,8-9H2,(H,19,22). The largest absolute Gasteiger partial charge is 0.352 e. The van der Waals surface area contributed by atoms with E-state index in [0.717, 1.165) is 19.3 Å². The van der Waals surface area contributed by atoms with Crippen molar-refractivity contribution in [3.63, 3.8) is 0 Å². The van der Waals surface area contributed by atoms with E-state index in [1.54, 1.807) is 18.2 Å². The van der Waals surface area contributed by atoms with Crippen LogP contribution in [0.4, 0.5) is 0 Å². The van der Waals surface area contributed by atoms with Gasteiger partial charge in [0.1, 0.15) is 0 Å². The van der Waals surface area contributed by atoms with Crippen molar-refractivity contribution in [1.82, 2.24) is 5.32 Å². The van der Waals surface area contributed by atoms with Crippen molar-refractivity contribution in [3.05, 3.63) is 46.0 Å². The first-order chi connectivity index (χ1) is 11.1. The Morgan fingerprint density at radius 1 is 1.22 bits per heavy atom. The molecule has 1 heterocycles. The minimum absolute atomic E-state index is 0.179. The van der Waals surface area contributed by atoms with Gasteiger partial charge in [0.2, 0.25) is 5.78 Å². The minimum Gasteiger partial charge on any atom is -0.352 e. The van der Waals surface area contributed by atoms with Crippen molar-refractivity contribution in [2.24, 2.45) is 4.99 Å². The van der Waals surface area contributed by atoms with Gasteiger partial charge in [-0.05, 0) is 50.3 Å². The molecule has 0 unspecified atom stereocenters. The molecule has 0 radical (unpaired) electrons. The Morgan fingerprint density at radius 3 is 2.87 bits per heavy atom. The molecule has 1 aromatic rings. The number of ketones is 1. The van der Waals surface area contributed by atoms with E-state index in [2.05, 4.69) is 16.4 Å². The molecule has 0 atom stereocenters. The highest BCUT2D eigenvalue weighted by molar-refractivity contribution is 6.48. The van der Waals surface area contributed by atoms with Crippen LogP contribution in [-0.4, -0.2) is 24.1 Å². The lowest BCUT2D eigenvalue weighted by atomic mass is 9.97. The highest BCUT2D eigenvalue weighted by atomic mass is 16.2. The van der Waals surface area contributed by atoms with Crippen molar-refractivity contribution in [1.29, 1.82) is 0 Å². The van der Waals surface area contributed by atoms with Crippen LogP contribution in [0.1, 0.15) is 42.5 Å². The second-order valence-corrected chi connectivity index (χ2v) is 5.81. The van der Waals surface area contributed by atoms with Crippen molar-refractivity contribution < 1.29 is 14.4 Å². The second-order valence-electron chi connectivity index (χ2n) is 5.81. The van der Waals surface area contributed by atoms with E-state index in [-0.39, 0.29) is 5.91 Å². The molecule has 1 N–H and O–H groups in total. The molecule has 0 spiro atoms. The molecule has 1 aliphatic carbocycles. The molecule has 5 nitrogen and oxygen atoms in total. The number of nitrogens with zero attached hydrogens (tertiary/aromatic N) is 1. The van der Waals surface area contributed by atoms with Crippen molar-refractivity contribution in [2.75, 3.05) is 6.54 Å². The van der Waals surface area contributed by atoms with Gasteiger partial charge < -0.3 is 5.32 Å². The fourth-order valence-corrected chi connectivity index (χ4v) is 2.85. The minimum atomic E-state index is -0.768. The Kier molecular flexibility index (Phi) is 4.46. The van der Waals surface area contributed by atoms with Crippen LogP contribution in [0.2, 0.25) is 0 Å². The van der Waals surface area contributed by atoms with Crippen LogP contribution >= 0.6 is 0 Å². The lowest BCUT2D eigenvalue weighted by Gasteiger charge is -2.13. The van der Waals surface area contributed by atoms with Crippen molar-refractivity contribution >= 4 is 23.7 Å². The number of allylic oxidation sites excluding steroid dienone is 1. The molecule has 0 saturated heterocycles. The van der Waals surface area contributed by atoms with Gasteiger partial charge in [-0.15, -0.1) is 0 Å². The number of hydrogen-bond acceptors (Lipinski definition) is 3. The fraction of sp³-hybridized carbons (Fsp3) is 0.333. The lowest BCUT2D eigenvalue weighted by Crippen LogP contribution is -2.35. The molecule has 3 rings (SSSR count). The average molecular weight is 310 g/mol. The molecule has 2 aliphatic rings. The third-order valence-corrected chi connectivity index (χ3v) is 4.13. The monoisotopic (exact) mass is 310 g/mol. The Hall–Kier alpha value is -2.56. The summed E-state index contributed by atoms with van der Waals surface area (Å²) in [6.07, 6.45) is 9.14. The normalized spacial score (nSPS) is 16.8. The highest BCUT2D eigenvalue weighted by Gasteiger charge is 2.14. The van der Waals surface area contributed by atoms with Gasteiger partial charge >= 0.3 is 5.91 Å². The number of Topliss-reactive ketones (excluding diaryl/α,β-unsaturated/α-hetero) is 1. The molecule has 0 saturated carbocycles. The maximum absolute atomic E-state index is 12.2. The topological polar surface area (TPSA) is 75.6 Å². The number of benzene rings is 1. The van der Waals surface area contributed by atoms with Crippen LogP contribution in [-0.2, 0) is 9.59 Å². The van der Waals surface area contributed by atoms with E-state index in [9.17, 15) is 14.4 Å². The molecule has 0 bridgehead atoms. The van der Waals surface area contributed by atoms with Gasteiger partial charge in [-0.25, -0.2) is 4.99 Å². The molecule has 118 valence electrons. The summed E-state index contributed by atoms with van der Waals surface area (Å²) in [6, 6.07) is 4.81. The van der Waals surface area contributed by atoms with Crippen LogP contribution in [0, 0.1) is 0 Å². The van der Waals surface area contributed by atoms with E-state index in [4.69, 9.17) is 0 Å². The molecule has 5 heteroatoms. The summed E-state index contributed by atoms with van der Waals surface area (Å²) >= 11 is 0. The lowest BCUT2D eigenvalue weighted by molar-refractivity contribution is -0.132. The predicted octanol–water partition coefficient (Wildman–Crippen LogP) is 0.816. The average Bonchev–Trinajstić information content (AvgIpc) is 2.56. The summed E-state index contributed by atoms with van der Waals surface area (Å²) in [5, 5.41) is 3.84. The van der Waals surface area contributed by atoms with Gasteiger partial charge in [0.05, 0.1) is 5.36 Å². The summed E-state index contributed by atoms with van der Waals surface area (Å²) in [4.78, 5) is 38.5. The van der Waals surface area contributed by atoms with Gasteiger partial charge in [-0.2, -0.15) is 0 Å². The van der Waals surface area contributed by atoms with Crippen LogP contribution in [0.15, 0.2) is 34.8 Å². The molecule has 1 aromatic carbocycles. The first-order valence-electron chi connectivity index (χ1n) is 7.88. The summed E-state index contributed by atoms with van der Waals surface area (Å²) < 4.78 is 0. The van der Waals surface area contributed by atoms with Gasteiger partial charge in [0, 0.05) is 23.4 Å². The number of carbonyl (C=O) groups is 3. The van der Waals surface area contributed by atoms with E-state index in [1.165, 1.54) is 24.5 Å². The SMILES string of the molecule is O=C1C=c2cc(C(=O)NCCC3=CCCCC3)ccc2=NC1=O. The van der Waals surface area contributed by atoms with Crippen LogP contribution in [0.3, 0.4) is 0 Å². The zero-order chi connectivity index (χ0) is 16.2. The summed E-state index contributed by atoms with van der Waals surface area (Å²) in [5.74, 6) is -1.60. The Labute approximate surface area is 133 Å². The fourth-order valence-electron chi connectivity index (χ4n) is 2.85. The number of fused-ring (bicyclic) bond motifs is 1. The van der Waals surface area contributed by atoms with Gasteiger partial charge in [0.25, 0.3) is 5.91 Å². The van der Waals surface area contributed by atoms with E-state index >= 15 is 0 Å². The quantitative estimate of drug-likeness (QED) is 0.661. The highest BCUT2D eigenvalue weighted by Crippen LogP contribution is 2.19. The molecular weight excluding hydrogens is 292 g/mol. The first-order valence-corrected chi connectivity index (χ1v) is 7.88. The number of rotatable bonds is 4. The van der Waals surface area contributed by atoms with E-state index in [0.29, 0.717) is 22.7 Å². The first kappa shape index (κ1) is 15.3. The van der Waals surface area contributed by atoms with Crippen LogP contribution < -0.4 is 15.9 Å². The number of carbonyl (C=O) groups excluding carboxylic acids is 3. The van der Waals surface area contributed by atoms with Crippen molar-refractivity contribution in [2.45, 2.75) is 32.1 Å². The van der Waals surface area contributed by atoms with E-state index in [1.807, 2.05) is 0 Å². The second kappa shape index (κ2) is 6.69. The third kappa shape index (κ3) is 3.62. The summed E-state index contributed by atoms with van der Waals surface area (Å²) in [6.45, 7) is 0.604. The zero-order valence-corrected chi connectivity index (χ0v) is 12.8. The predicted molar refractivity (Wildman–Crippen MR) is 85.2 cm³/mol. The number of amides is 2. The maximum atomic E-state index is 12.2. The Bertz CT molecular complexity index is 821. The van der Waals surface area contributed by atoms with E-state index < -0.39 is 11.7 Å². The Balaban J connectivity index is 1.67.